The Balaban J connectivity index is 1.80. The maximum atomic E-state index is 12.8. The van der Waals surface area contributed by atoms with Gasteiger partial charge in [0.25, 0.3) is 0 Å². The Hall–Kier alpha value is -1.92. The van der Waals surface area contributed by atoms with Gasteiger partial charge in [-0.2, -0.15) is 0 Å². The van der Waals surface area contributed by atoms with Crippen LogP contribution in [0.25, 0.3) is 5.69 Å². The Morgan fingerprint density at radius 1 is 0.933 bits per heavy atom. The van der Waals surface area contributed by atoms with Crippen LogP contribution in [0.4, 0.5) is 0 Å². The molecule has 1 heterocycles. The molecule has 0 aliphatic rings. The van der Waals surface area contributed by atoms with Crippen molar-refractivity contribution in [3.63, 3.8) is 0 Å². The van der Waals surface area contributed by atoms with Crippen LogP contribution in [0.1, 0.15) is 32.1 Å². The van der Waals surface area contributed by atoms with Gasteiger partial charge in [-0.25, -0.2) is 4.79 Å². The quantitative estimate of drug-likeness (QED) is 0.220. The molecule has 2 aromatic carbocycles. The fraction of sp³-hybridized carbons (Fsp3) is 0.182. The standard InChI is InChI=1S/C22H18Cl3NO3S/c1-12-8-16(13(2)26(12)14-4-6-19(24)20(25)9-14)21(27)11-29-22(28)17-10-15(30-3)5-7-18(17)23/h4-10H,11H2,1-3H3. The smallest absolute Gasteiger partial charge is 0.340 e. The Morgan fingerprint density at radius 2 is 1.63 bits per heavy atom. The zero-order valence-corrected chi connectivity index (χ0v) is 19.5. The molecular formula is C22H18Cl3NO3S. The third-order valence-corrected chi connectivity index (χ3v) is 6.41. The first kappa shape index (κ1) is 22.8. The predicted molar refractivity (Wildman–Crippen MR) is 123 cm³/mol. The van der Waals surface area contributed by atoms with Crippen LogP contribution in [0.3, 0.4) is 0 Å². The summed E-state index contributed by atoms with van der Waals surface area (Å²) in [6.07, 6.45) is 1.89. The highest BCUT2D eigenvalue weighted by Gasteiger charge is 2.20. The van der Waals surface area contributed by atoms with Gasteiger partial charge in [0.1, 0.15) is 0 Å². The molecule has 0 fully saturated rings. The number of esters is 1. The molecule has 0 radical (unpaired) electrons. The maximum Gasteiger partial charge on any atom is 0.340 e. The first-order chi connectivity index (χ1) is 14.2. The molecule has 3 rings (SSSR count). The molecule has 0 aliphatic heterocycles. The first-order valence-corrected chi connectivity index (χ1v) is 11.3. The second-order valence-corrected chi connectivity index (χ2v) is 8.66. The molecule has 0 atom stereocenters. The summed E-state index contributed by atoms with van der Waals surface area (Å²) in [4.78, 5) is 26.0. The van der Waals surface area contributed by atoms with Gasteiger partial charge in [-0.3, -0.25) is 4.79 Å². The van der Waals surface area contributed by atoms with Gasteiger partial charge in [-0.1, -0.05) is 34.8 Å². The molecule has 4 nitrogen and oxygen atoms in total. The van der Waals surface area contributed by atoms with Gasteiger partial charge < -0.3 is 9.30 Å². The second-order valence-electron chi connectivity index (χ2n) is 6.56. The van der Waals surface area contributed by atoms with Crippen molar-refractivity contribution in [3.8, 4) is 5.69 Å². The summed E-state index contributed by atoms with van der Waals surface area (Å²) >= 11 is 19.7. The van der Waals surface area contributed by atoms with E-state index in [-0.39, 0.29) is 23.0 Å². The average molecular weight is 483 g/mol. The van der Waals surface area contributed by atoms with Crippen LogP contribution in [0.2, 0.25) is 15.1 Å². The number of aromatic nitrogens is 1. The minimum atomic E-state index is -0.637. The molecule has 0 amide bonds. The van der Waals surface area contributed by atoms with Gasteiger partial charge in [0.15, 0.2) is 6.61 Å². The molecule has 0 saturated heterocycles. The minimum Gasteiger partial charge on any atom is -0.454 e. The molecule has 30 heavy (non-hydrogen) atoms. The van der Waals surface area contributed by atoms with Crippen LogP contribution in [0.15, 0.2) is 47.4 Å². The summed E-state index contributed by atoms with van der Waals surface area (Å²) in [6.45, 7) is 3.32. The minimum absolute atomic E-state index is 0.234. The maximum absolute atomic E-state index is 12.8. The number of carbonyl (C=O) groups is 2. The number of hydrogen-bond acceptors (Lipinski definition) is 4. The molecule has 0 aliphatic carbocycles. The van der Waals surface area contributed by atoms with E-state index in [9.17, 15) is 9.59 Å². The second kappa shape index (κ2) is 9.48. The molecule has 156 valence electrons. The van der Waals surface area contributed by atoms with E-state index in [0.29, 0.717) is 21.3 Å². The third-order valence-electron chi connectivity index (χ3n) is 4.62. The summed E-state index contributed by atoms with van der Waals surface area (Å²) in [5, 5.41) is 1.16. The van der Waals surface area contributed by atoms with Crippen LogP contribution in [0.5, 0.6) is 0 Å². The van der Waals surface area contributed by atoms with Gasteiger partial charge in [0.05, 0.1) is 20.6 Å². The third kappa shape index (κ3) is 4.70. The number of nitrogens with zero attached hydrogens (tertiary/aromatic N) is 1. The monoisotopic (exact) mass is 481 g/mol. The molecule has 0 spiro atoms. The van der Waals surface area contributed by atoms with Crippen molar-refractivity contribution < 1.29 is 14.3 Å². The normalized spacial score (nSPS) is 10.9. The number of ether oxygens (including phenoxy) is 1. The average Bonchev–Trinajstić information content (AvgIpc) is 3.02. The lowest BCUT2D eigenvalue weighted by atomic mass is 10.1. The molecular weight excluding hydrogens is 465 g/mol. The number of thioether (sulfide) groups is 1. The van der Waals surface area contributed by atoms with E-state index < -0.39 is 5.97 Å². The topological polar surface area (TPSA) is 48.3 Å². The fourth-order valence-corrected chi connectivity index (χ4v) is 4.07. The van der Waals surface area contributed by atoms with Crippen molar-refractivity contribution in [1.82, 2.24) is 4.57 Å². The lowest BCUT2D eigenvalue weighted by Crippen LogP contribution is -2.15. The van der Waals surface area contributed by atoms with Gasteiger partial charge in [-0.15, -0.1) is 11.8 Å². The van der Waals surface area contributed by atoms with Crippen LogP contribution < -0.4 is 0 Å². The van der Waals surface area contributed by atoms with Crippen molar-refractivity contribution in [2.24, 2.45) is 0 Å². The van der Waals surface area contributed by atoms with E-state index in [1.807, 2.05) is 36.8 Å². The zero-order chi connectivity index (χ0) is 22.0. The number of aryl methyl sites for hydroxylation is 1. The summed E-state index contributed by atoms with van der Waals surface area (Å²) in [7, 11) is 0. The van der Waals surface area contributed by atoms with E-state index in [4.69, 9.17) is 39.5 Å². The number of halogens is 3. The van der Waals surface area contributed by atoms with Crippen molar-refractivity contribution in [2.75, 3.05) is 12.9 Å². The molecule has 0 N–H and O–H groups in total. The highest BCUT2D eigenvalue weighted by Crippen LogP contribution is 2.28. The molecule has 1 aromatic heterocycles. The van der Waals surface area contributed by atoms with Crippen molar-refractivity contribution >= 4 is 58.3 Å². The van der Waals surface area contributed by atoms with E-state index in [1.165, 1.54) is 11.8 Å². The summed E-state index contributed by atoms with van der Waals surface area (Å²) in [6, 6.07) is 12.1. The van der Waals surface area contributed by atoms with E-state index >= 15 is 0 Å². The van der Waals surface area contributed by atoms with Gasteiger partial charge in [-0.05, 0) is 62.6 Å². The number of hydrogen-bond donors (Lipinski definition) is 0. The highest BCUT2D eigenvalue weighted by molar-refractivity contribution is 7.98. The van der Waals surface area contributed by atoms with Gasteiger partial charge >= 0.3 is 5.97 Å². The van der Waals surface area contributed by atoms with Crippen LogP contribution in [-0.4, -0.2) is 29.2 Å². The Kier molecular flexibility index (Phi) is 7.19. The number of ketones is 1. The van der Waals surface area contributed by atoms with Crippen molar-refractivity contribution in [1.29, 1.82) is 0 Å². The van der Waals surface area contributed by atoms with Crippen molar-refractivity contribution in [3.05, 3.63) is 80.0 Å². The Bertz CT molecular complexity index is 1140. The molecule has 0 saturated carbocycles. The molecule has 0 unspecified atom stereocenters. The molecule has 8 heteroatoms. The van der Waals surface area contributed by atoms with E-state index in [0.717, 1.165) is 16.3 Å². The summed E-state index contributed by atoms with van der Waals surface area (Å²) in [5.74, 6) is -0.942. The number of rotatable bonds is 6. The largest absolute Gasteiger partial charge is 0.454 e. The molecule has 3 aromatic rings. The Morgan fingerprint density at radius 3 is 2.30 bits per heavy atom. The summed E-state index contributed by atoms with van der Waals surface area (Å²) in [5.41, 5.74) is 3.05. The number of Topliss-reactive ketones (excluding diaryl/α,β-unsaturated/α-hetero) is 1. The summed E-state index contributed by atoms with van der Waals surface area (Å²) < 4.78 is 7.14. The lowest BCUT2D eigenvalue weighted by Gasteiger charge is -2.11. The fourth-order valence-electron chi connectivity index (χ4n) is 3.14. The SMILES string of the molecule is CSc1ccc(Cl)c(C(=O)OCC(=O)c2cc(C)n(-c3ccc(Cl)c(Cl)c3)c2C)c1. The zero-order valence-electron chi connectivity index (χ0n) is 16.5. The number of carbonyl (C=O) groups excluding carboxylic acids is 2. The van der Waals surface area contributed by atoms with E-state index in [2.05, 4.69) is 0 Å². The molecule has 0 bridgehead atoms. The van der Waals surface area contributed by atoms with E-state index in [1.54, 1.807) is 30.3 Å². The first-order valence-electron chi connectivity index (χ1n) is 8.91. The van der Waals surface area contributed by atoms with Crippen LogP contribution >= 0.6 is 46.6 Å². The van der Waals surface area contributed by atoms with Crippen LogP contribution in [-0.2, 0) is 4.74 Å². The highest BCUT2D eigenvalue weighted by atomic mass is 35.5. The van der Waals surface area contributed by atoms with Crippen LogP contribution in [0, 0.1) is 13.8 Å². The van der Waals surface area contributed by atoms with Gasteiger partial charge in [0, 0.05) is 27.5 Å². The lowest BCUT2D eigenvalue weighted by molar-refractivity contribution is 0.0474. The van der Waals surface area contributed by atoms with Crippen molar-refractivity contribution in [2.45, 2.75) is 18.7 Å². The van der Waals surface area contributed by atoms with Gasteiger partial charge in [0.2, 0.25) is 5.78 Å². The predicted octanol–water partition coefficient (Wildman–Crippen LogP) is 6.82. The Labute approximate surface area is 194 Å². The number of benzene rings is 2.